The Bertz CT molecular complexity index is 1650. The SMILES string of the molecule is COc1ccc(CN(CCOCCN2CCOCC2)C(=O)O[C@@H](c2ccccc2)c2ccc(C(=O)Nc3ccccc3N)cc2)cc1OC. The van der Waals surface area contributed by atoms with E-state index in [4.69, 9.17) is 29.4 Å². The second-order valence-electron chi connectivity index (χ2n) is 11.5. The van der Waals surface area contributed by atoms with Gasteiger partial charge in [0, 0.05) is 38.3 Å². The van der Waals surface area contributed by atoms with E-state index in [0.29, 0.717) is 53.8 Å². The summed E-state index contributed by atoms with van der Waals surface area (Å²) in [6, 6.07) is 29.1. The third-order valence-electron chi connectivity index (χ3n) is 8.25. The molecule has 0 spiro atoms. The highest BCUT2D eigenvalue weighted by molar-refractivity contribution is 6.05. The molecule has 1 saturated heterocycles. The van der Waals surface area contributed by atoms with Crippen molar-refractivity contribution in [2.24, 2.45) is 0 Å². The van der Waals surface area contributed by atoms with E-state index in [1.54, 1.807) is 67.7 Å². The van der Waals surface area contributed by atoms with Gasteiger partial charge in [-0.2, -0.15) is 0 Å². The molecule has 2 amide bonds. The normalized spacial score (nSPS) is 13.7. The van der Waals surface area contributed by atoms with Gasteiger partial charge in [0.15, 0.2) is 17.6 Å². The van der Waals surface area contributed by atoms with Crippen LogP contribution in [0.5, 0.6) is 11.5 Å². The Hall–Kier alpha value is -5.10. The maximum Gasteiger partial charge on any atom is 0.411 e. The number of benzene rings is 4. The molecule has 4 aromatic carbocycles. The van der Waals surface area contributed by atoms with Crippen molar-refractivity contribution in [2.75, 3.05) is 77.9 Å². The van der Waals surface area contributed by atoms with Crippen LogP contribution < -0.4 is 20.5 Å². The molecule has 0 aromatic heterocycles. The molecule has 11 heteroatoms. The molecule has 4 aromatic rings. The highest BCUT2D eigenvalue weighted by atomic mass is 16.6. The van der Waals surface area contributed by atoms with Gasteiger partial charge < -0.3 is 39.6 Å². The van der Waals surface area contributed by atoms with E-state index in [9.17, 15) is 9.59 Å². The quantitative estimate of drug-likeness (QED) is 0.123. The van der Waals surface area contributed by atoms with Gasteiger partial charge in [-0.15, -0.1) is 0 Å². The number of nitrogens with two attached hydrogens (primary N) is 1. The number of anilines is 2. The Morgan fingerprint density at radius 3 is 2.27 bits per heavy atom. The monoisotopic (exact) mass is 668 g/mol. The first-order valence-corrected chi connectivity index (χ1v) is 16.3. The summed E-state index contributed by atoms with van der Waals surface area (Å²) in [6.45, 7) is 5.46. The third kappa shape index (κ3) is 9.96. The molecule has 5 rings (SSSR count). The number of amides is 2. The molecule has 0 aliphatic carbocycles. The molecule has 11 nitrogen and oxygen atoms in total. The Labute approximate surface area is 287 Å². The minimum Gasteiger partial charge on any atom is -0.493 e. The molecule has 1 fully saturated rings. The molecule has 1 heterocycles. The molecule has 49 heavy (non-hydrogen) atoms. The average Bonchev–Trinajstić information content (AvgIpc) is 3.14. The number of hydrogen-bond donors (Lipinski definition) is 2. The zero-order valence-corrected chi connectivity index (χ0v) is 28.0. The van der Waals surface area contributed by atoms with Gasteiger partial charge in [-0.1, -0.05) is 60.7 Å². The summed E-state index contributed by atoms with van der Waals surface area (Å²) in [4.78, 5) is 30.9. The van der Waals surface area contributed by atoms with Crippen LogP contribution in [0.2, 0.25) is 0 Å². The number of carbonyl (C=O) groups is 2. The number of hydrogen-bond acceptors (Lipinski definition) is 9. The largest absolute Gasteiger partial charge is 0.493 e. The van der Waals surface area contributed by atoms with E-state index in [1.165, 1.54) is 0 Å². The summed E-state index contributed by atoms with van der Waals surface area (Å²) in [5.74, 6) is 0.865. The van der Waals surface area contributed by atoms with E-state index in [1.807, 2.05) is 48.5 Å². The summed E-state index contributed by atoms with van der Waals surface area (Å²) in [6.07, 6.45) is -1.24. The van der Waals surface area contributed by atoms with Gasteiger partial charge >= 0.3 is 6.09 Å². The van der Waals surface area contributed by atoms with Crippen LogP contribution in [0.1, 0.15) is 33.2 Å². The van der Waals surface area contributed by atoms with Crippen molar-refractivity contribution in [3.8, 4) is 11.5 Å². The maximum atomic E-state index is 14.0. The fourth-order valence-electron chi connectivity index (χ4n) is 5.48. The summed E-state index contributed by atoms with van der Waals surface area (Å²) in [5.41, 5.74) is 9.80. The number of nitrogens with one attached hydrogen (secondary N) is 1. The Balaban J connectivity index is 1.32. The van der Waals surface area contributed by atoms with Crippen LogP contribution in [-0.4, -0.2) is 88.6 Å². The van der Waals surface area contributed by atoms with Crippen molar-refractivity contribution in [3.63, 3.8) is 0 Å². The Morgan fingerprint density at radius 1 is 0.857 bits per heavy atom. The molecule has 1 aliphatic heterocycles. The number of para-hydroxylation sites is 2. The van der Waals surface area contributed by atoms with Gasteiger partial charge in [-0.25, -0.2) is 4.79 Å². The second kappa shape index (κ2) is 17.9. The van der Waals surface area contributed by atoms with Gasteiger partial charge in [0.25, 0.3) is 5.91 Å². The molecular weight excluding hydrogens is 624 g/mol. The fourth-order valence-corrected chi connectivity index (χ4v) is 5.48. The van der Waals surface area contributed by atoms with Crippen molar-refractivity contribution in [1.82, 2.24) is 9.80 Å². The molecule has 0 radical (unpaired) electrons. The van der Waals surface area contributed by atoms with Crippen LogP contribution in [0.15, 0.2) is 97.1 Å². The molecular formula is C38H44N4O7. The van der Waals surface area contributed by atoms with Gasteiger partial charge in [0.1, 0.15) is 0 Å². The van der Waals surface area contributed by atoms with Crippen molar-refractivity contribution < 1.29 is 33.3 Å². The van der Waals surface area contributed by atoms with E-state index in [-0.39, 0.29) is 12.5 Å². The fraction of sp³-hybridized carbons (Fsp3) is 0.316. The molecule has 0 unspecified atom stereocenters. The molecule has 3 N–H and O–H groups in total. The van der Waals surface area contributed by atoms with Gasteiger partial charge in [-0.05, 0) is 53.1 Å². The molecule has 1 aliphatic rings. The average molecular weight is 669 g/mol. The number of nitrogen functional groups attached to an aromatic ring is 1. The van der Waals surface area contributed by atoms with Crippen LogP contribution >= 0.6 is 0 Å². The zero-order valence-electron chi connectivity index (χ0n) is 28.0. The summed E-state index contributed by atoms with van der Waals surface area (Å²) in [7, 11) is 3.16. The lowest BCUT2D eigenvalue weighted by Crippen LogP contribution is -2.39. The van der Waals surface area contributed by atoms with Crippen LogP contribution in [-0.2, 0) is 20.8 Å². The van der Waals surface area contributed by atoms with Gasteiger partial charge in [-0.3, -0.25) is 9.69 Å². The molecule has 1 atom stereocenters. The van der Waals surface area contributed by atoms with Gasteiger partial charge in [0.05, 0.1) is 52.0 Å². The number of carbonyl (C=O) groups excluding carboxylic acids is 2. The molecule has 258 valence electrons. The predicted molar refractivity (Wildman–Crippen MR) is 188 cm³/mol. The van der Waals surface area contributed by atoms with E-state index < -0.39 is 12.2 Å². The first-order valence-electron chi connectivity index (χ1n) is 16.3. The second-order valence-corrected chi connectivity index (χ2v) is 11.5. The summed E-state index contributed by atoms with van der Waals surface area (Å²) >= 11 is 0. The predicted octanol–water partition coefficient (Wildman–Crippen LogP) is 5.62. The van der Waals surface area contributed by atoms with Crippen LogP contribution in [0, 0.1) is 0 Å². The van der Waals surface area contributed by atoms with Crippen LogP contribution in [0.25, 0.3) is 0 Å². The summed E-state index contributed by atoms with van der Waals surface area (Å²) < 4.78 is 28.6. The van der Waals surface area contributed by atoms with Crippen LogP contribution in [0.4, 0.5) is 16.2 Å². The number of nitrogens with zero attached hydrogens (tertiary/aromatic N) is 2. The first kappa shape index (κ1) is 35.2. The van der Waals surface area contributed by atoms with E-state index in [0.717, 1.165) is 44.0 Å². The van der Waals surface area contributed by atoms with E-state index in [2.05, 4.69) is 10.2 Å². The minimum absolute atomic E-state index is 0.259. The lowest BCUT2D eigenvalue weighted by Gasteiger charge is -2.28. The summed E-state index contributed by atoms with van der Waals surface area (Å²) in [5, 5.41) is 2.85. The number of methoxy groups -OCH3 is 2. The lowest BCUT2D eigenvalue weighted by molar-refractivity contribution is 0.0159. The Kier molecular flexibility index (Phi) is 12.9. The number of rotatable bonds is 15. The van der Waals surface area contributed by atoms with Crippen molar-refractivity contribution >= 4 is 23.4 Å². The highest BCUT2D eigenvalue weighted by Crippen LogP contribution is 2.30. The van der Waals surface area contributed by atoms with E-state index >= 15 is 0 Å². The number of morpholine rings is 1. The maximum absolute atomic E-state index is 14.0. The zero-order chi connectivity index (χ0) is 34.4. The standard InChI is InChI=1S/C38H44N4O7/c1-45-34-17-12-28(26-35(34)46-2)27-42(21-25-48-24-20-41-18-22-47-23-19-41)38(44)49-36(29-8-4-3-5-9-29)30-13-15-31(16-14-30)37(43)40-33-11-7-6-10-32(33)39/h3-17,26,36H,18-25,27,39H2,1-2H3,(H,40,43)/t36-/m0/s1. The molecule has 0 bridgehead atoms. The van der Waals surface area contributed by atoms with Crippen molar-refractivity contribution in [2.45, 2.75) is 12.6 Å². The molecule has 0 saturated carbocycles. The number of ether oxygens (including phenoxy) is 5. The lowest BCUT2D eigenvalue weighted by atomic mass is 10.00. The van der Waals surface area contributed by atoms with Crippen LogP contribution in [0.3, 0.4) is 0 Å². The minimum atomic E-state index is -0.731. The first-order chi connectivity index (χ1) is 23.9. The van der Waals surface area contributed by atoms with Gasteiger partial charge in [0.2, 0.25) is 0 Å². The Morgan fingerprint density at radius 2 is 1.55 bits per heavy atom. The highest BCUT2D eigenvalue weighted by Gasteiger charge is 2.24. The van der Waals surface area contributed by atoms with Crippen molar-refractivity contribution in [1.29, 1.82) is 0 Å². The topological polar surface area (TPSA) is 125 Å². The smallest absolute Gasteiger partial charge is 0.411 e. The third-order valence-corrected chi connectivity index (χ3v) is 8.25. The van der Waals surface area contributed by atoms with Crippen molar-refractivity contribution in [3.05, 3.63) is 119 Å².